The lowest BCUT2D eigenvalue weighted by Crippen LogP contribution is -2.13. The highest BCUT2D eigenvalue weighted by Gasteiger charge is 2.16. The van der Waals surface area contributed by atoms with Crippen molar-refractivity contribution in [3.05, 3.63) is 52.9 Å². The zero-order chi connectivity index (χ0) is 18.1. The molecule has 0 radical (unpaired) electrons. The van der Waals surface area contributed by atoms with E-state index in [9.17, 15) is 4.79 Å². The molecule has 1 N–H and O–H groups in total. The van der Waals surface area contributed by atoms with Crippen LogP contribution in [-0.2, 0) is 0 Å². The molecule has 2 aromatic carbocycles. The van der Waals surface area contributed by atoms with Crippen LogP contribution < -0.4 is 14.8 Å². The van der Waals surface area contributed by atoms with E-state index in [1.807, 2.05) is 55.0 Å². The average Bonchev–Trinajstić information content (AvgIpc) is 3.30. The lowest BCUT2D eigenvalue weighted by Gasteiger charge is -2.07. The molecule has 1 aliphatic rings. The van der Waals surface area contributed by atoms with Crippen LogP contribution in [0.2, 0.25) is 0 Å². The highest BCUT2D eigenvalue weighted by atomic mass is 32.2. The number of carbonyl (C=O) groups excluding carboxylic acids is 1. The Hall–Kier alpha value is -2.51. The zero-order valence-electron chi connectivity index (χ0n) is 14.2. The first-order valence-electron chi connectivity index (χ1n) is 7.95. The van der Waals surface area contributed by atoms with Crippen molar-refractivity contribution >= 4 is 34.1 Å². The number of hydrogen-bond donors (Lipinski definition) is 1. The third-order valence-electron chi connectivity index (χ3n) is 4.08. The van der Waals surface area contributed by atoms with E-state index in [0.29, 0.717) is 16.4 Å². The number of benzene rings is 2. The SMILES string of the molecule is CSc1ccc(C)c(C(=O)Nc2nc(-c3ccc4c(c3)OCO4)cs2)c1. The minimum absolute atomic E-state index is 0.148. The Morgan fingerprint density at radius 3 is 2.88 bits per heavy atom. The fourth-order valence-electron chi connectivity index (χ4n) is 2.66. The van der Waals surface area contributed by atoms with Crippen molar-refractivity contribution in [2.45, 2.75) is 11.8 Å². The summed E-state index contributed by atoms with van der Waals surface area (Å²) in [5.41, 5.74) is 3.31. The molecule has 132 valence electrons. The molecule has 0 saturated carbocycles. The summed E-state index contributed by atoms with van der Waals surface area (Å²) in [5.74, 6) is 1.30. The summed E-state index contributed by atoms with van der Waals surface area (Å²) >= 11 is 3.01. The number of nitrogens with zero attached hydrogens (tertiary/aromatic N) is 1. The van der Waals surface area contributed by atoms with Crippen molar-refractivity contribution in [1.29, 1.82) is 0 Å². The number of thioether (sulfide) groups is 1. The topological polar surface area (TPSA) is 60.5 Å². The lowest BCUT2D eigenvalue weighted by molar-refractivity contribution is 0.102. The number of carbonyl (C=O) groups is 1. The second kappa shape index (κ2) is 7.01. The van der Waals surface area contributed by atoms with Crippen LogP contribution in [0.1, 0.15) is 15.9 Å². The number of amides is 1. The van der Waals surface area contributed by atoms with Crippen LogP contribution in [0.5, 0.6) is 11.5 Å². The van der Waals surface area contributed by atoms with E-state index in [1.165, 1.54) is 11.3 Å². The van der Waals surface area contributed by atoms with Gasteiger partial charge in [-0.15, -0.1) is 23.1 Å². The van der Waals surface area contributed by atoms with E-state index in [-0.39, 0.29) is 12.7 Å². The Labute approximate surface area is 159 Å². The minimum atomic E-state index is -0.148. The van der Waals surface area contributed by atoms with Crippen LogP contribution in [0, 0.1) is 6.92 Å². The molecule has 1 aromatic heterocycles. The summed E-state index contributed by atoms with van der Waals surface area (Å²) in [6, 6.07) is 11.6. The van der Waals surface area contributed by atoms with E-state index in [0.717, 1.165) is 27.5 Å². The Morgan fingerprint density at radius 1 is 1.19 bits per heavy atom. The minimum Gasteiger partial charge on any atom is -0.454 e. The molecule has 3 aromatic rings. The summed E-state index contributed by atoms with van der Waals surface area (Å²) < 4.78 is 10.7. The molecule has 0 fully saturated rings. The van der Waals surface area contributed by atoms with Gasteiger partial charge in [-0.3, -0.25) is 10.1 Å². The smallest absolute Gasteiger partial charge is 0.257 e. The highest BCUT2D eigenvalue weighted by molar-refractivity contribution is 7.98. The third-order valence-corrected chi connectivity index (χ3v) is 5.57. The van der Waals surface area contributed by atoms with Gasteiger partial charge >= 0.3 is 0 Å². The largest absolute Gasteiger partial charge is 0.454 e. The second-order valence-corrected chi connectivity index (χ2v) is 7.48. The van der Waals surface area contributed by atoms with Gasteiger partial charge in [-0.2, -0.15) is 0 Å². The van der Waals surface area contributed by atoms with Crippen molar-refractivity contribution in [3.8, 4) is 22.8 Å². The van der Waals surface area contributed by atoms with Crippen LogP contribution in [0.25, 0.3) is 11.3 Å². The van der Waals surface area contributed by atoms with Gasteiger partial charge in [0, 0.05) is 21.4 Å². The van der Waals surface area contributed by atoms with Crippen LogP contribution >= 0.6 is 23.1 Å². The summed E-state index contributed by atoms with van der Waals surface area (Å²) in [7, 11) is 0. The number of rotatable bonds is 4. The summed E-state index contributed by atoms with van der Waals surface area (Å²) in [5, 5.41) is 5.38. The first-order chi connectivity index (χ1) is 12.6. The molecule has 1 amide bonds. The number of anilines is 1. The molecule has 7 heteroatoms. The van der Waals surface area contributed by atoms with E-state index >= 15 is 0 Å². The van der Waals surface area contributed by atoms with Crippen LogP contribution in [0.3, 0.4) is 0 Å². The molecule has 0 unspecified atom stereocenters. The second-order valence-electron chi connectivity index (χ2n) is 5.74. The van der Waals surface area contributed by atoms with Gasteiger partial charge in [0.1, 0.15) is 0 Å². The van der Waals surface area contributed by atoms with Crippen molar-refractivity contribution in [2.75, 3.05) is 18.4 Å². The fourth-order valence-corrected chi connectivity index (χ4v) is 3.81. The van der Waals surface area contributed by atoms with Gasteiger partial charge in [0.15, 0.2) is 16.6 Å². The number of aryl methyl sites for hydroxylation is 1. The van der Waals surface area contributed by atoms with Gasteiger partial charge in [-0.25, -0.2) is 4.98 Å². The van der Waals surface area contributed by atoms with Gasteiger partial charge in [-0.05, 0) is 49.1 Å². The highest BCUT2D eigenvalue weighted by Crippen LogP contribution is 2.36. The standard InChI is InChI=1S/C19H16N2O3S2/c1-11-3-5-13(25-2)8-14(11)18(22)21-19-20-15(9-26-19)12-4-6-16-17(7-12)24-10-23-16/h3-9H,10H2,1-2H3,(H,20,21,22). The molecule has 0 saturated heterocycles. The third kappa shape index (κ3) is 3.27. The first kappa shape index (κ1) is 16.9. The Morgan fingerprint density at radius 2 is 2.04 bits per heavy atom. The molecule has 5 nitrogen and oxygen atoms in total. The molecular weight excluding hydrogens is 368 g/mol. The summed E-state index contributed by atoms with van der Waals surface area (Å²) in [6.07, 6.45) is 1.99. The van der Waals surface area contributed by atoms with Crippen molar-refractivity contribution in [2.24, 2.45) is 0 Å². The van der Waals surface area contributed by atoms with Gasteiger partial charge in [0.25, 0.3) is 5.91 Å². The number of nitrogens with one attached hydrogen (secondary N) is 1. The molecule has 0 bridgehead atoms. The van der Waals surface area contributed by atoms with E-state index < -0.39 is 0 Å². The number of fused-ring (bicyclic) bond motifs is 1. The maximum atomic E-state index is 12.6. The van der Waals surface area contributed by atoms with Crippen LogP contribution in [0.4, 0.5) is 5.13 Å². The van der Waals surface area contributed by atoms with Gasteiger partial charge < -0.3 is 9.47 Å². The number of aromatic nitrogens is 1. The molecule has 0 spiro atoms. The zero-order valence-corrected chi connectivity index (χ0v) is 15.9. The molecule has 1 aliphatic heterocycles. The number of hydrogen-bond acceptors (Lipinski definition) is 6. The predicted molar refractivity (Wildman–Crippen MR) is 105 cm³/mol. The summed E-state index contributed by atoms with van der Waals surface area (Å²) in [4.78, 5) is 18.2. The molecule has 0 atom stereocenters. The maximum absolute atomic E-state index is 12.6. The van der Waals surface area contributed by atoms with Crippen LogP contribution in [0.15, 0.2) is 46.7 Å². The monoisotopic (exact) mass is 384 g/mol. The molecule has 0 aliphatic carbocycles. The normalized spacial score (nSPS) is 12.2. The van der Waals surface area contributed by atoms with E-state index in [2.05, 4.69) is 10.3 Å². The van der Waals surface area contributed by atoms with Crippen molar-refractivity contribution in [3.63, 3.8) is 0 Å². The summed E-state index contributed by atoms with van der Waals surface area (Å²) in [6.45, 7) is 2.17. The van der Waals surface area contributed by atoms with Gasteiger partial charge in [0.05, 0.1) is 5.69 Å². The van der Waals surface area contributed by atoms with Crippen molar-refractivity contribution in [1.82, 2.24) is 4.98 Å². The molecule has 26 heavy (non-hydrogen) atoms. The Bertz CT molecular complexity index is 985. The van der Waals surface area contributed by atoms with E-state index in [1.54, 1.807) is 11.8 Å². The molecule has 2 heterocycles. The quantitative estimate of drug-likeness (QED) is 0.654. The molecule has 4 rings (SSSR count). The number of thiazole rings is 1. The average molecular weight is 384 g/mol. The Balaban J connectivity index is 1.54. The van der Waals surface area contributed by atoms with Gasteiger partial charge in [-0.1, -0.05) is 6.07 Å². The molecular formula is C19H16N2O3S2. The van der Waals surface area contributed by atoms with E-state index in [4.69, 9.17) is 9.47 Å². The fraction of sp³-hybridized carbons (Fsp3) is 0.158. The first-order valence-corrected chi connectivity index (χ1v) is 10.1. The van der Waals surface area contributed by atoms with Crippen LogP contribution in [-0.4, -0.2) is 23.9 Å². The Kier molecular flexibility index (Phi) is 4.57. The lowest BCUT2D eigenvalue weighted by atomic mass is 10.1. The number of ether oxygens (including phenoxy) is 2. The maximum Gasteiger partial charge on any atom is 0.257 e. The van der Waals surface area contributed by atoms with Gasteiger partial charge in [0.2, 0.25) is 6.79 Å². The van der Waals surface area contributed by atoms with Crippen molar-refractivity contribution < 1.29 is 14.3 Å². The predicted octanol–water partition coefficient (Wildman–Crippen LogP) is 4.82.